The minimum Gasteiger partial charge on any atom is -0.455 e. The predicted molar refractivity (Wildman–Crippen MR) is 165 cm³/mol. The molecule has 0 saturated heterocycles. The third-order valence-electron chi connectivity index (χ3n) is 7.95. The van der Waals surface area contributed by atoms with Crippen LogP contribution in [-0.2, 0) is 0 Å². The number of nitrogens with one attached hydrogen (secondary N) is 1. The van der Waals surface area contributed by atoms with Crippen molar-refractivity contribution < 1.29 is 4.42 Å². The molecule has 7 aromatic rings. The van der Waals surface area contributed by atoms with Crippen molar-refractivity contribution in [2.75, 3.05) is 6.54 Å². The van der Waals surface area contributed by atoms with Crippen LogP contribution >= 0.6 is 0 Å². The van der Waals surface area contributed by atoms with Crippen LogP contribution in [-0.4, -0.2) is 6.54 Å². The van der Waals surface area contributed by atoms with Gasteiger partial charge in [-0.3, -0.25) is 0 Å². The van der Waals surface area contributed by atoms with Crippen LogP contribution in [0.25, 0.3) is 71.3 Å². The van der Waals surface area contributed by atoms with Crippen LogP contribution in [0, 0.1) is 0 Å². The molecule has 0 saturated carbocycles. The van der Waals surface area contributed by atoms with Crippen LogP contribution < -0.4 is 5.32 Å². The van der Waals surface area contributed by atoms with Gasteiger partial charge in [0.2, 0.25) is 0 Å². The highest BCUT2D eigenvalue weighted by atomic mass is 16.3. The number of furan rings is 1. The lowest BCUT2D eigenvalue weighted by Crippen LogP contribution is -2.12. The van der Waals surface area contributed by atoms with Crippen molar-refractivity contribution in [3.8, 4) is 22.3 Å². The summed E-state index contributed by atoms with van der Waals surface area (Å²) in [5.74, 6) is 0. The van der Waals surface area contributed by atoms with E-state index in [1.54, 1.807) is 0 Å². The number of benzene rings is 6. The molecule has 1 N–H and O–H groups in total. The van der Waals surface area contributed by atoms with Crippen LogP contribution in [0.15, 0.2) is 138 Å². The smallest absolute Gasteiger partial charge is 0.143 e. The van der Waals surface area contributed by atoms with Crippen LogP contribution in [0.3, 0.4) is 0 Å². The average molecular weight is 500 g/mol. The van der Waals surface area contributed by atoms with E-state index in [-0.39, 0.29) is 0 Å². The van der Waals surface area contributed by atoms with Crippen molar-refractivity contribution in [2.45, 2.75) is 0 Å². The first-order valence-corrected chi connectivity index (χ1v) is 13.4. The molecule has 2 nitrogen and oxygen atoms in total. The molecule has 2 heterocycles. The maximum atomic E-state index is 6.32. The van der Waals surface area contributed by atoms with E-state index in [0.717, 1.165) is 39.6 Å². The number of hydrogen-bond acceptors (Lipinski definition) is 2. The summed E-state index contributed by atoms with van der Waals surface area (Å²) in [6.45, 7) is 0.825. The molecule has 0 amide bonds. The van der Waals surface area contributed by atoms with Crippen molar-refractivity contribution in [2.24, 2.45) is 0 Å². The van der Waals surface area contributed by atoms with E-state index >= 15 is 0 Å². The molecule has 0 radical (unpaired) electrons. The van der Waals surface area contributed by atoms with Crippen LogP contribution in [0.1, 0.15) is 5.56 Å². The molecule has 0 spiro atoms. The minimum atomic E-state index is 0.825. The Morgan fingerprint density at radius 1 is 0.513 bits per heavy atom. The summed E-state index contributed by atoms with van der Waals surface area (Å²) in [6.07, 6.45) is 6.34. The fourth-order valence-electron chi connectivity index (χ4n) is 6.21. The van der Waals surface area contributed by atoms with Gasteiger partial charge in [-0.25, -0.2) is 0 Å². The molecule has 1 aliphatic rings. The zero-order chi connectivity index (χ0) is 25.8. The first kappa shape index (κ1) is 22.0. The Morgan fingerprint density at radius 3 is 1.77 bits per heavy atom. The second-order valence-corrected chi connectivity index (χ2v) is 10.1. The van der Waals surface area contributed by atoms with E-state index < -0.39 is 0 Å². The largest absolute Gasteiger partial charge is 0.455 e. The standard InChI is InChI=1S/C37H25NO/c1-3-13-31-29(11-1)35(30-12-2-4-14-32(30)36(31)26-9-8-22-38-23-26)25-20-18-24(19-21-25)27-15-7-16-33-28-10-5-6-17-34(28)39-37(27)33/h1-22,38H,23H2. The summed E-state index contributed by atoms with van der Waals surface area (Å²) in [5, 5.41) is 10.8. The first-order valence-electron chi connectivity index (χ1n) is 13.4. The van der Waals surface area contributed by atoms with Gasteiger partial charge in [-0.1, -0.05) is 115 Å². The van der Waals surface area contributed by atoms with E-state index in [2.05, 4.69) is 121 Å². The lowest BCUT2D eigenvalue weighted by Gasteiger charge is -2.20. The summed E-state index contributed by atoms with van der Waals surface area (Å²) >= 11 is 0. The summed E-state index contributed by atoms with van der Waals surface area (Å²) < 4.78 is 6.32. The molecule has 0 bridgehead atoms. The van der Waals surface area contributed by atoms with Gasteiger partial charge >= 0.3 is 0 Å². The average Bonchev–Trinajstić information content (AvgIpc) is 3.39. The van der Waals surface area contributed by atoms with Crippen molar-refractivity contribution in [1.82, 2.24) is 5.32 Å². The molecule has 39 heavy (non-hydrogen) atoms. The molecule has 2 heteroatoms. The van der Waals surface area contributed by atoms with Crippen LogP contribution in [0.4, 0.5) is 0 Å². The fourth-order valence-corrected chi connectivity index (χ4v) is 6.21. The molecule has 8 rings (SSSR count). The van der Waals surface area contributed by atoms with E-state index in [4.69, 9.17) is 4.42 Å². The maximum Gasteiger partial charge on any atom is 0.143 e. The second-order valence-electron chi connectivity index (χ2n) is 10.1. The minimum absolute atomic E-state index is 0.825. The van der Waals surface area contributed by atoms with Gasteiger partial charge in [0.05, 0.1) is 0 Å². The predicted octanol–water partition coefficient (Wildman–Crippen LogP) is 9.73. The topological polar surface area (TPSA) is 25.2 Å². The third-order valence-corrected chi connectivity index (χ3v) is 7.95. The summed E-state index contributed by atoms with van der Waals surface area (Å²) in [6, 6.07) is 41.3. The number of rotatable bonds is 3. The maximum absolute atomic E-state index is 6.32. The van der Waals surface area contributed by atoms with Gasteiger partial charge in [0, 0.05) is 22.9 Å². The quantitative estimate of drug-likeness (QED) is 0.245. The molecular formula is C37H25NO. The second kappa shape index (κ2) is 8.75. The molecule has 0 aliphatic carbocycles. The van der Waals surface area contributed by atoms with Crippen molar-refractivity contribution >= 4 is 49.1 Å². The van der Waals surface area contributed by atoms with E-state index in [1.807, 2.05) is 18.3 Å². The Kier molecular flexibility index (Phi) is 4.92. The molecule has 0 atom stereocenters. The van der Waals surface area contributed by atoms with Crippen molar-refractivity contribution in [3.63, 3.8) is 0 Å². The summed E-state index contributed by atoms with van der Waals surface area (Å²) in [4.78, 5) is 0. The molecule has 0 fully saturated rings. The Balaban J connectivity index is 1.33. The van der Waals surface area contributed by atoms with Crippen LogP contribution in [0.2, 0.25) is 0 Å². The van der Waals surface area contributed by atoms with Crippen molar-refractivity contribution in [1.29, 1.82) is 0 Å². The zero-order valence-electron chi connectivity index (χ0n) is 21.3. The van der Waals surface area contributed by atoms with Gasteiger partial charge in [-0.15, -0.1) is 0 Å². The summed E-state index contributed by atoms with van der Waals surface area (Å²) in [5.41, 5.74) is 9.25. The van der Waals surface area contributed by atoms with Gasteiger partial charge in [-0.2, -0.15) is 0 Å². The summed E-state index contributed by atoms with van der Waals surface area (Å²) in [7, 11) is 0. The Labute approximate surface area is 226 Å². The Bertz CT molecular complexity index is 2050. The fraction of sp³-hybridized carbons (Fsp3) is 0.0270. The van der Waals surface area contributed by atoms with Gasteiger partial charge < -0.3 is 9.73 Å². The van der Waals surface area contributed by atoms with E-state index in [0.29, 0.717) is 0 Å². The highest BCUT2D eigenvalue weighted by molar-refractivity contribution is 6.19. The highest BCUT2D eigenvalue weighted by Gasteiger charge is 2.18. The first-order chi connectivity index (χ1) is 19.4. The number of para-hydroxylation sites is 2. The SMILES string of the molecule is C1=CNCC(c2c3ccccc3c(-c3ccc(-c4cccc5c4oc4ccccc45)cc3)c3ccccc23)=C1. The third kappa shape index (κ3) is 3.42. The monoisotopic (exact) mass is 499 g/mol. The Hall–Kier alpha value is -5.08. The molecule has 184 valence electrons. The van der Waals surface area contributed by atoms with E-state index in [1.165, 1.54) is 43.8 Å². The lowest BCUT2D eigenvalue weighted by atomic mass is 9.85. The van der Waals surface area contributed by atoms with Gasteiger partial charge in [0.15, 0.2) is 0 Å². The van der Waals surface area contributed by atoms with Gasteiger partial charge in [0.25, 0.3) is 0 Å². The normalized spacial score (nSPS) is 13.3. The molecule has 1 aromatic heterocycles. The Morgan fingerprint density at radius 2 is 1.10 bits per heavy atom. The van der Waals surface area contributed by atoms with Gasteiger partial charge in [-0.05, 0) is 67.7 Å². The molecule has 6 aromatic carbocycles. The number of hydrogen-bond donors (Lipinski definition) is 1. The molecule has 0 unspecified atom stereocenters. The highest BCUT2D eigenvalue weighted by Crippen LogP contribution is 2.43. The van der Waals surface area contributed by atoms with Crippen molar-refractivity contribution in [3.05, 3.63) is 139 Å². The number of dihydropyridines is 1. The van der Waals surface area contributed by atoms with E-state index in [9.17, 15) is 0 Å². The van der Waals surface area contributed by atoms with Gasteiger partial charge in [0.1, 0.15) is 11.2 Å². The molecule has 1 aliphatic heterocycles. The number of fused-ring (bicyclic) bond motifs is 5. The molecular weight excluding hydrogens is 474 g/mol. The lowest BCUT2D eigenvalue weighted by molar-refractivity contribution is 0.670. The van der Waals surface area contributed by atoms with Crippen LogP contribution in [0.5, 0.6) is 0 Å². The number of allylic oxidation sites excluding steroid dienone is 2. The zero-order valence-corrected chi connectivity index (χ0v) is 21.3.